The topological polar surface area (TPSA) is 41.6 Å². The van der Waals surface area contributed by atoms with Crippen LogP contribution in [0.25, 0.3) is 0 Å². The molecule has 4 heteroatoms. The molecule has 1 saturated heterocycles. The first kappa shape index (κ1) is 16.3. The highest BCUT2D eigenvalue weighted by Crippen LogP contribution is 2.46. The minimum Gasteiger partial charge on any atom is -0.444 e. The van der Waals surface area contributed by atoms with Gasteiger partial charge in [-0.25, -0.2) is 4.79 Å². The van der Waals surface area contributed by atoms with Gasteiger partial charge in [0.15, 0.2) is 0 Å². The van der Waals surface area contributed by atoms with Crippen LogP contribution in [0.1, 0.15) is 44.9 Å². The first-order valence-electron chi connectivity index (χ1n) is 8.55. The van der Waals surface area contributed by atoms with Crippen molar-refractivity contribution in [1.29, 1.82) is 0 Å². The molecule has 1 amide bonds. The summed E-state index contributed by atoms with van der Waals surface area (Å²) in [5.41, 5.74) is 2.21. The molecule has 2 aliphatic rings. The van der Waals surface area contributed by atoms with E-state index < -0.39 is 5.60 Å². The summed E-state index contributed by atoms with van der Waals surface area (Å²) in [5, 5.41) is 3.73. The standard InChI is InChI=1S/C19H28N2O2/c1-12-7-6-8-14(9-12)13(2)20-17-15-10-21(11-16(15)17)18(22)23-19(3,4)5/h6-9,13,15-17,20H,10-11H2,1-5H3. The molecule has 1 aromatic carbocycles. The number of rotatable bonds is 3. The van der Waals surface area contributed by atoms with Crippen LogP contribution in [0.3, 0.4) is 0 Å². The molecule has 1 aliphatic heterocycles. The second-order valence-corrected chi connectivity index (χ2v) is 8.04. The van der Waals surface area contributed by atoms with Gasteiger partial charge in [0, 0.05) is 25.2 Å². The van der Waals surface area contributed by atoms with Crippen LogP contribution in [-0.4, -0.2) is 35.7 Å². The molecule has 3 rings (SSSR count). The van der Waals surface area contributed by atoms with Gasteiger partial charge in [-0.3, -0.25) is 0 Å². The Labute approximate surface area is 139 Å². The van der Waals surface area contributed by atoms with E-state index in [0.29, 0.717) is 23.9 Å². The summed E-state index contributed by atoms with van der Waals surface area (Å²) >= 11 is 0. The van der Waals surface area contributed by atoms with Crippen LogP contribution in [0.2, 0.25) is 0 Å². The summed E-state index contributed by atoms with van der Waals surface area (Å²) in [6.07, 6.45) is -0.171. The van der Waals surface area contributed by atoms with Crippen LogP contribution >= 0.6 is 0 Å². The van der Waals surface area contributed by atoms with E-state index in [2.05, 4.69) is 43.4 Å². The van der Waals surface area contributed by atoms with Crippen molar-refractivity contribution in [2.75, 3.05) is 13.1 Å². The van der Waals surface area contributed by atoms with Crippen molar-refractivity contribution < 1.29 is 9.53 Å². The summed E-state index contributed by atoms with van der Waals surface area (Å²) in [6, 6.07) is 9.53. The molecule has 1 aliphatic carbocycles. The number of benzene rings is 1. The molecule has 0 bridgehead atoms. The predicted molar refractivity (Wildman–Crippen MR) is 91.3 cm³/mol. The highest BCUT2D eigenvalue weighted by atomic mass is 16.6. The lowest BCUT2D eigenvalue weighted by atomic mass is 10.1. The van der Waals surface area contributed by atoms with E-state index in [1.54, 1.807) is 0 Å². The first-order chi connectivity index (χ1) is 10.7. The van der Waals surface area contributed by atoms with Crippen molar-refractivity contribution in [3.8, 4) is 0 Å². The van der Waals surface area contributed by atoms with Crippen LogP contribution in [0.5, 0.6) is 0 Å². The smallest absolute Gasteiger partial charge is 0.410 e. The average molecular weight is 316 g/mol. The molecule has 4 nitrogen and oxygen atoms in total. The highest BCUT2D eigenvalue weighted by Gasteiger charge is 2.57. The van der Waals surface area contributed by atoms with Gasteiger partial charge < -0.3 is 15.0 Å². The second kappa shape index (κ2) is 5.82. The van der Waals surface area contributed by atoms with Crippen LogP contribution in [0, 0.1) is 18.8 Å². The number of hydrogen-bond acceptors (Lipinski definition) is 3. The molecule has 1 aromatic rings. The van der Waals surface area contributed by atoms with Crippen LogP contribution < -0.4 is 5.32 Å². The van der Waals surface area contributed by atoms with E-state index in [-0.39, 0.29) is 6.09 Å². The molecule has 23 heavy (non-hydrogen) atoms. The van der Waals surface area contributed by atoms with Crippen LogP contribution in [-0.2, 0) is 4.74 Å². The fraction of sp³-hybridized carbons (Fsp3) is 0.632. The maximum atomic E-state index is 12.1. The molecule has 3 atom stereocenters. The van der Waals surface area contributed by atoms with Gasteiger partial charge in [-0.15, -0.1) is 0 Å². The van der Waals surface area contributed by atoms with Crippen LogP contribution in [0.4, 0.5) is 4.79 Å². The molecule has 0 aromatic heterocycles. The zero-order valence-corrected chi connectivity index (χ0v) is 14.8. The molecule has 1 heterocycles. The third-order valence-electron chi connectivity index (χ3n) is 4.83. The summed E-state index contributed by atoms with van der Waals surface area (Å²) in [5.74, 6) is 1.16. The largest absolute Gasteiger partial charge is 0.444 e. The number of nitrogens with zero attached hydrogens (tertiary/aromatic N) is 1. The molecule has 126 valence electrons. The number of carbonyl (C=O) groups is 1. The van der Waals surface area contributed by atoms with Gasteiger partial charge >= 0.3 is 6.09 Å². The van der Waals surface area contributed by atoms with E-state index in [1.807, 2.05) is 25.7 Å². The summed E-state index contributed by atoms with van der Waals surface area (Å²) in [7, 11) is 0. The number of piperidine rings is 1. The Bertz CT molecular complexity index is 581. The fourth-order valence-corrected chi connectivity index (χ4v) is 3.57. The molecule has 0 spiro atoms. The van der Waals surface area contributed by atoms with E-state index >= 15 is 0 Å². The Morgan fingerprint density at radius 1 is 1.30 bits per heavy atom. The van der Waals surface area contributed by atoms with Gasteiger partial charge in [-0.2, -0.15) is 0 Å². The number of aryl methyl sites for hydroxylation is 1. The SMILES string of the molecule is Cc1cccc(C(C)NC2C3CN(C(=O)OC(C)(C)C)CC32)c1. The van der Waals surface area contributed by atoms with Gasteiger partial charge in [0.25, 0.3) is 0 Å². The number of nitrogens with one attached hydrogen (secondary N) is 1. The van der Waals surface area contributed by atoms with E-state index in [4.69, 9.17) is 4.74 Å². The summed E-state index contributed by atoms with van der Waals surface area (Å²) in [6.45, 7) is 11.7. The number of likely N-dealkylation sites (tertiary alicyclic amines) is 1. The Balaban J connectivity index is 1.50. The third-order valence-corrected chi connectivity index (χ3v) is 4.83. The van der Waals surface area contributed by atoms with Gasteiger partial charge in [0.1, 0.15) is 5.60 Å². The molecular formula is C19H28N2O2. The maximum absolute atomic E-state index is 12.1. The van der Waals surface area contributed by atoms with Gasteiger partial charge in [-0.1, -0.05) is 29.8 Å². The first-order valence-corrected chi connectivity index (χ1v) is 8.55. The number of ether oxygens (including phenoxy) is 1. The van der Waals surface area contributed by atoms with Crippen LogP contribution in [0.15, 0.2) is 24.3 Å². The normalized spacial score (nSPS) is 27.5. The summed E-state index contributed by atoms with van der Waals surface area (Å²) < 4.78 is 5.46. The molecule has 2 fully saturated rings. The lowest BCUT2D eigenvalue weighted by molar-refractivity contribution is 0.0269. The van der Waals surface area contributed by atoms with Crippen molar-refractivity contribution >= 4 is 6.09 Å². The quantitative estimate of drug-likeness (QED) is 0.928. The predicted octanol–water partition coefficient (Wildman–Crippen LogP) is 3.51. The minimum absolute atomic E-state index is 0.171. The van der Waals surface area contributed by atoms with E-state index in [1.165, 1.54) is 11.1 Å². The Morgan fingerprint density at radius 2 is 1.96 bits per heavy atom. The van der Waals surface area contributed by atoms with Crippen molar-refractivity contribution in [1.82, 2.24) is 10.2 Å². The van der Waals surface area contributed by atoms with E-state index in [0.717, 1.165) is 13.1 Å². The Hall–Kier alpha value is -1.55. The lowest BCUT2D eigenvalue weighted by Gasteiger charge is -2.26. The zero-order valence-electron chi connectivity index (χ0n) is 14.8. The van der Waals surface area contributed by atoms with Gasteiger partial charge in [0.05, 0.1) is 0 Å². The highest BCUT2D eigenvalue weighted by molar-refractivity contribution is 5.69. The van der Waals surface area contributed by atoms with Crippen molar-refractivity contribution in [3.63, 3.8) is 0 Å². The van der Waals surface area contributed by atoms with Crippen molar-refractivity contribution in [2.24, 2.45) is 11.8 Å². The Kier molecular flexibility index (Phi) is 4.13. The Morgan fingerprint density at radius 3 is 2.52 bits per heavy atom. The fourth-order valence-electron chi connectivity index (χ4n) is 3.57. The second-order valence-electron chi connectivity index (χ2n) is 8.04. The van der Waals surface area contributed by atoms with Gasteiger partial charge in [-0.05, 0) is 52.0 Å². The van der Waals surface area contributed by atoms with Gasteiger partial charge in [0.2, 0.25) is 0 Å². The minimum atomic E-state index is -0.415. The maximum Gasteiger partial charge on any atom is 0.410 e. The molecule has 1 saturated carbocycles. The lowest BCUT2D eigenvalue weighted by Crippen LogP contribution is -2.39. The van der Waals surface area contributed by atoms with Crippen molar-refractivity contribution in [3.05, 3.63) is 35.4 Å². The molecule has 3 unspecified atom stereocenters. The number of fused-ring (bicyclic) bond motifs is 1. The van der Waals surface area contributed by atoms with Crippen molar-refractivity contribution in [2.45, 2.75) is 52.3 Å². The monoisotopic (exact) mass is 316 g/mol. The molecule has 0 radical (unpaired) electrons. The van der Waals surface area contributed by atoms with E-state index in [9.17, 15) is 4.79 Å². The third kappa shape index (κ3) is 3.69. The zero-order chi connectivity index (χ0) is 16.8. The number of carbonyl (C=O) groups excluding carboxylic acids is 1. The number of hydrogen-bond donors (Lipinski definition) is 1. The molecule has 1 N–H and O–H groups in total. The average Bonchev–Trinajstić information content (AvgIpc) is 2.90. The number of amides is 1. The molecular weight excluding hydrogens is 288 g/mol. The summed E-state index contributed by atoms with van der Waals surface area (Å²) in [4.78, 5) is 14.0.